The number of hydrogen-bond donors (Lipinski definition) is 2. The van der Waals surface area contributed by atoms with Crippen molar-refractivity contribution in [2.75, 3.05) is 19.5 Å². The van der Waals surface area contributed by atoms with Crippen LogP contribution in [0.5, 0.6) is 11.5 Å². The first-order chi connectivity index (χ1) is 18.1. The first-order valence-electron chi connectivity index (χ1n) is 11.6. The van der Waals surface area contributed by atoms with Gasteiger partial charge in [-0.3, -0.25) is 14.6 Å². The highest BCUT2D eigenvalue weighted by molar-refractivity contribution is 7.98. The zero-order valence-electron chi connectivity index (χ0n) is 20.6. The fourth-order valence-corrected chi connectivity index (χ4v) is 4.67. The number of pyridine rings is 1. The smallest absolute Gasteiger partial charge is 0.274 e. The summed E-state index contributed by atoms with van der Waals surface area (Å²) in [5.41, 5.74) is 3.38. The second-order valence-corrected chi connectivity index (χ2v) is 9.00. The molecule has 0 radical (unpaired) electrons. The summed E-state index contributed by atoms with van der Waals surface area (Å²) in [5.74, 6) is 1.47. The number of para-hydroxylation sites is 1. The second-order valence-electron chi connectivity index (χ2n) is 7.98. The molecule has 0 aliphatic rings. The minimum Gasteiger partial charge on any atom is -0.496 e. The van der Waals surface area contributed by atoms with Crippen molar-refractivity contribution >= 4 is 29.3 Å². The Hall–Kier alpha value is -4.30. The number of ether oxygens (including phenoxy) is 2. The fourth-order valence-electron chi connectivity index (χ4n) is 3.72. The molecule has 4 rings (SSSR count). The number of thioether (sulfide) groups is 1. The number of nitrogens with zero attached hydrogens (tertiary/aromatic N) is 1. The molecule has 37 heavy (non-hydrogen) atoms. The van der Waals surface area contributed by atoms with Crippen LogP contribution in [-0.2, 0) is 12.3 Å². The van der Waals surface area contributed by atoms with Crippen LogP contribution in [0.15, 0.2) is 96.0 Å². The topological polar surface area (TPSA) is 89.5 Å². The van der Waals surface area contributed by atoms with Gasteiger partial charge in [0.25, 0.3) is 11.8 Å². The van der Waals surface area contributed by atoms with Gasteiger partial charge in [0, 0.05) is 22.4 Å². The van der Waals surface area contributed by atoms with E-state index >= 15 is 0 Å². The van der Waals surface area contributed by atoms with Crippen LogP contribution >= 0.6 is 11.8 Å². The van der Waals surface area contributed by atoms with Gasteiger partial charge in [0.15, 0.2) is 0 Å². The lowest BCUT2D eigenvalue weighted by Gasteiger charge is -2.14. The molecule has 0 saturated carbocycles. The maximum atomic E-state index is 12.9. The molecule has 8 heteroatoms. The van der Waals surface area contributed by atoms with Crippen molar-refractivity contribution in [1.82, 2.24) is 10.3 Å². The third-order valence-electron chi connectivity index (χ3n) is 5.57. The van der Waals surface area contributed by atoms with Gasteiger partial charge >= 0.3 is 0 Å². The highest BCUT2D eigenvalue weighted by Gasteiger charge is 2.14. The zero-order valence-corrected chi connectivity index (χ0v) is 21.4. The summed E-state index contributed by atoms with van der Waals surface area (Å²) >= 11 is 1.58. The first-order valence-corrected chi connectivity index (χ1v) is 12.6. The molecule has 0 aliphatic carbocycles. The Morgan fingerprint density at radius 2 is 1.57 bits per heavy atom. The van der Waals surface area contributed by atoms with Crippen LogP contribution in [-0.4, -0.2) is 31.0 Å². The molecule has 0 unspecified atom stereocenters. The van der Waals surface area contributed by atoms with Crippen LogP contribution < -0.4 is 20.1 Å². The van der Waals surface area contributed by atoms with Crippen LogP contribution in [0.2, 0.25) is 0 Å². The summed E-state index contributed by atoms with van der Waals surface area (Å²) < 4.78 is 10.8. The lowest BCUT2D eigenvalue weighted by atomic mass is 10.1. The number of rotatable bonds is 10. The summed E-state index contributed by atoms with van der Waals surface area (Å²) in [7, 11) is 3.17. The number of amides is 2. The largest absolute Gasteiger partial charge is 0.496 e. The number of carbonyl (C=O) groups excluding carboxylic acids is 2. The molecule has 1 aromatic heterocycles. The quantitative estimate of drug-likeness (QED) is 0.269. The van der Waals surface area contributed by atoms with Crippen LogP contribution in [0.3, 0.4) is 0 Å². The molecule has 7 nitrogen and oxygen atoms in total. The SMILES string of the molecule is COc1cccc(OC)c1CNC(=O)c1cccc(CSc2ccccc2NC(=O)c2ccccn2)c1. The van der Waals surface area contributed by atoms with Crippen molar-refractivity contribution in [3.05, 3.63) is 114 Å². The van der Waals surface area contributed by atoms with Crippen LogP contribution in [0.4, 0.5) is 5.69 Å². The third kappa shape index (κ3) is 6.68. The van der Waals surface area contributed by atoms with E-state index in [9.17, 15) is 9.59 Å². The van der Waals surface area contributed by atoms with E-state index in [-0.39, 0.29) is 18.4 Å². The Kier molecular flexibility index (Phi) is 8.78. The van der Waals surface area contributed by atoms with E-state index in [1.54, 1.807) is 56.4 Å². The summed E-state index contributed by atoms with van der Waals surface area (Å²) in [6, 6.07) is 25.8. The molecule has 0 aliphatic heterocycles. The highest BCUT2D eigenvalue weighted by atomic mass is 32.2. The average Bonchev–Trinajstić information content (AvgIpc) is 2.95. The van der Waals surface area contributed by atoms with Gasteiger partial charge in [0.2, 0.25) is 0 Å². The molecule has 1 heterocycles. The summed E-state index contributed by atoms with van der Waals surface area (Å²) in [4.78, 5) is 30.5. The van der Waals surface area contributed by atoms with E-state index in [0.717, 1.165) is 16.0 Å². The third-order valence-corrected chi connectivity index (χ3v) is 6.72. The van der Waals surface area contributed by atoms with E-state index < -0.39 is 0 Å². The Labute approximate surface area is 220 Å². The number of hydrogen-bond acceptors (Lipinski definition) is 6. The molecule has 0 fully saturated rings. The van der Waals surface area contributed by atoms with Crippen molar-refractivity contribution in [1.29, 1.82) is 0 Å². The van der Waals surface area contributed by atoms with Gasteiger partial charge in [-0.15, -0.1) is 11.8 Å². The Bertz CT molecular complexity index is 1360. The van der Waals surface area contributed by atoms with Gasteiger partial charge in [-0.1, -0.05) is 36.4 Å². The molecular formula is C29H27N3O4S. The molecule has 188 valence electrons. The number of carbonyl (C=O) groups is 2. The van der Waals surface area contributed by atoms with E-state index in [1.165, 1.54) is 0 Å². The van der Waals surface area contributed by atoms with Gasteiger partial charge < -0.3 is 20.1 Å². The van der Waals surface area contributed by atoms with Crippen molar-refractivity contribution in [2.45, 2.75) is 17.2 Å². The van der Waals surface area contributed by atoms with Crippen molar-refractivity contribution in [3.8, 4) is 11.5 Å². The number of aromatic nitrogens is 1. The summed E-state index contributed by atoms with van der Waals surface area (Å²) in [6.07, 6.45) is 1.59. The maximum Gasteiger partial charge on any atom is 0.274 e. The van der Waals surface area contributed by atoms with E-state index in [2.05, 4.69) is 15.6 Å². The molecule has 2 N–H and O–H groups in total. The molecule has 0 bridgehead atoms. The molecular weight excluding hydrogens is 486 g/mol. The van der Waals surface area contributed by atoms with Gasteiger partial charge in [-0.05, 0) is 54.1 Å². The van der Waals surface area contributed by atoms with Gasteiger partial charge in [-0.2, -0.15) is 0 Å². The van der Waals surface area contributed by atoms with Crippen LogP contribution in [0, 0.1) is 0 Å². The summed E-state index contributed by atoms with van der Waals surface area (Å²) in [5, 5.41) is 5.89. The molecule has 2 amide bonds. The van der Waals surface area contributed by atoms with Crippen molar-refractivity contribution in [2.24, 2.45) is 0 Å². The van der Waals surface area contributed by atoms with E-state index in [4.69, 9.17) is 9.47 Å². The Morgan fingerprint density at radius 3 is 2.30 bits per heavy atom. The van der Waals surface area contributed by atoms with Gasteiger partial charge in [-0.25, -0.2) is 0 Å². The number of nitrogens with one attached hydrogen (secondary N) is 2. The molecule has 0 atom stereocenters. The second kappa shape index (κ2) is 12.6. The molecule has 0 saturated heterocycles. The zero-order chi connectivity index (χ0) is 26.0. The van der Waals surface area contributed by atoms with Crippen molar-refractivity contribution < 1.29 is 19.1 Å². The summed E-state index contributed by atoms with van der Waals surface area (Å²) in [6.45, 7) is 0.272. The predicted octanol–water partition coefficient (Wildman–Crippen LogP) is 5.57. The average molecular weight is 514 g/mol. The van der Waals surface area contributed by atoms with Crippen LogP contribution in [0.1, 0.15) is 32.0 Å². The van der Waals surface area contributed by atoms with Gasteiger partial charge in [0.1, 0.15) is 17.2 Å². The Balaban J connectivity index is 1.40. The normalized spacial score (nSPS) is 10.4. The number of methoxy groups -OCH3 is 2. The van der Waals surface area contributed by atoms with Crippen molar-refractivity contribution in [3.63, 3.8) is 0 Å². The van der Waals surface area contributed by atoms with Gasteiger partial charge in [0.05, 0.1) is 32.0 Å². The van der Waals surface area contributed by atoms with Crippen LogP contribution in [0.25, 0.3) is 0 Å². The molecule has 3 aromatic carbocycles. The standard InChI is InChI=1S/C29H27N3O4S/c1-35-25-13-8-14-26(36-2)22(25)18-31-28(33)21-10-7-9-20(17-21)19-37-27-15-4-3-11-23(27)32-29(34)24-12-5-6-16-30-24/h3-17H,18-19H2,1-2H3,(H,31,33)(H,32,34). The number of anilines is 1. The predicted molar refractivity (Wildman–Crippen MR) is 145 cm³/mol. The Morgan fingerprint density at radius 1 is 0.838 bits per heavy atom. The maximum absolute atomic E-state index is 12.9. The minimum atomic E-state index is -0.265. The highest BCUT2D eigenvalue weighted by Crippen LogP contribution is 2.31. The van der Waals surface area contributed by atoms with E-state index in [0.29, 0.717) is 34.2 Å². The number of benzene rings is 3. The molecule has 4 aromatic rings. The minimum absolute atomic E-state index is 0.192. The first kappa shape index (κ1) is 25.8. The lowest BCUT2D eigenvalue weighted by molar-refractivity contribution is 0.0949. The lowest BCUT2D eigenvalue weighted by Crippen LogP contribution is -2.23. The monoisotopic (exact) mass is 513 g/mol. The molecule has 0 spiro atoms. The van der Waals surface area contributed by atoms with E-state index in [1.807, 2.05) is 60.7 Å². The fraction of sp³-hybridized carbons (Fsp3) is 0.138.